The van der Waals surface area contributed by atoms with Crippen LogP contribution in [0.15, 0.2) is 30.6 Å². The number of nitrogens with one attached hydrogen (secondary N) is 1. The smallest absolute Gasteiger partial charge is 0.410 e. The summed E-state index contributed by atoms with van der Waals surface area (Å²) in [5.74, 6) is -0.0942. The number of benzene rings is 1. The standard InChI is InChI=1S/C25H22F3N7O2S/c1-11-5-6-14(7-12(11)2)15-8-17(25(26,27)28)35-18(30-15)9-16(32-35)21-31-22-19-13(3)20(24(36)37-4)38-23(19)29-10-34(22)33-21/h5-7,9-10,15,17,30H,8H2,1-4H3/t15-,17-/m1/s1. The van der Waals surface area contributed by atoms with E-state index in [4.69, 9.17) is 4.74 Å². The number of esters is 1. The molecule has 0 bridgehead atoms. The zero-order chi connectivity index (χ0) is 26.9. The minimum absolute atomic E-state index is 0.150. The molecule has 0 radical (unpaired) electrons. The van der Waals surface area contributed by atoms with Gasteiger partial charge in [0.1, 0.15) is 27.5 Å². The lowest BCUT2D eigenvalue weighted by atomic mass is 9.94. The molecule has 38 heavy (non-hydrogen) atoms. The van der Waals surface area contributed by atoms with Crippen LogP contribution in [0.5, 0.6) is 0 Å². The number of nitrogens with zero attached hydrogens (tertiary/aromatic N) is 6. The monoisotopic (exact) mass is 541 g/mol. The molecular formula is C25H22F3N7O2S. The molecule has 4 aromatic heterocycles. The van der Waals surface area contributed by atoms with Gasteiger partial charge in [-0.3, -0.25) is 0 Å². The van der Waals surface area contributed by atoms with Crippen LogP contribution in [0.3, 0.4) is 0 Å². The Balaban J connectivity index is 1.44. The highest BCUT2D eigenvalue weighted by Crippen LogP contribution is 2.44. The average Bonchev–Trinajstić information content (AvgIpc) is 3.58. The van der Waals surface area contributed by atoms with E-state index in [0.29, 0.717) is 26.3 Å². The fourth-order valence-corrected chi connectivity index (χ4v) is 5.87. The van der Waals surface area contributed by atoms with Crippen LogP contribution < -0.4 is 5.32 Å². The van der Waals surface area contributed by atoms with E-state index in [-0.39, 0.29) is 23.8 Å². The summed E-state index contributed by atoms with van der Waals surface area (Å²) in [5, 5.41) is 12.6. The van der Waals surface area contributed by atoms with Crippen LogP contribution in [0.2, 0.25) is 0 Å². The molecule has 5 heterocycles. The van der Waals surface area contributed by atoms with E-state index in [9.17, 15) is 18.0 Å². The number of ether oxygens (including phenoxy) is 1. The molecule has 1 aliphatic rings. The molecular weight excluding hydrogens is 519 g/mol. The predicted molar refractivity (Wildman–Crippen MR) is 135 cm³/mol. The number of aromatic nitrogens is 6. The second-order valence-electron chi connectivity index (χ2n) is 9.37. The number of rotatable bonds is 3. The minimum atomic E-state index is -4.50. The van der Waals surface area contributed by atoms with Gasteiger partial charge in [-0.25, -0.2) is 24.0 Å². The van der Waals surface area contributed by atoms with E-state index < -0.39 is 24.2 Å². The molecule has 9 nitrogen and oxygen atoms in total. The topological polar surface area (TPSA) is 99.2 Å². The largest absolute Gasteiger partial charge is 0.465 e. The van der Waals surface area contributed by atoms with Crippen molar-refractivity contribution in [3.8, 4) is 11.5 Å². The van der Waals surface area contributed by atoms with Crippen LogP contribution in [0.25, 0.3) is 27.4 Å². The molecule has 1 aliphatic heterocycles. The Morgan fingerprint density at radius 1 is 1.16 bits per heavy atom. The van der Waals surface area contributed by atoms with Crippen molar-refractivity contribution in [3.63, 3.8) is 0 Å². The summed E-state index contributed by atoms with van der Waals surface area (Å²) in [6.07, 6.45) is -3.25. The van der Waals surface area contributed by atoms with Gasteiger partial charge in [0.05, 0.1) is 18.5 Å². The Kier molecular flexibility index (Phi) is 5.45. The predicted octanol–water partition coefficient (Wildman–Crippen LogP) is 5.57. The molecule has 1 N–H and O–H groups in total. The van der Waals surface area contributed by atoms with Gasteiger partial charge in [0, 0.05) is 12.5 Å². The van der Waals surface area contributed by atoms with Crippen LogP contribution in [0.1, 0.15) is 50.4 Å². The van der Waals surface area contributed by atoms with Gasteiger partial charge < -0.3 is 10.1 Å². The van der Waals surface area contributed by atoms with Gasteiger partial charge in [0.15, 0.2) is 11.7 Å². The van der Waals surface area contributed by atoms with Gasteiger partial charge in [-0.15, -0.1) is 16.4 Å². The lowest BCUT2D eigenvalue weighted by molar-refractivity contribution is -0.173. The van der Waals surface area contributed by atoms with E-state index in [1.54, 1.807) is 6.92 Å². The van der Waals surface area contributed by atoms with Crippen molar-refractivity contribution >= 4 is 39.0 Å². The number of thiophene rings is 1. The Morgan fingerprint density at radius 2 is 1.95 bits per heavy atom. The van der Waals surface area contributed by atoms with Crippen molar-refractivity contribution < 1.29 is 22.7 Å². The Morgan fingerprint density at radius 3 is 2.66 bits per heavy atom. The van der Waals surface area contributed by atoms with Crippen molar-refractivity contribution in [2.75, 3.05) is 12.4 Å². The van der Waals surface area contributed by atoms with E-state index in [2.05, 4.69) is 25.5 Å². The zero-order valence-electron chi connectivity index (χ0n) is 20.8. The molecule has 0 aliphatic carbocycles. The number of fused-ring (bicyclic) bond motifs is 4. The van der Waals surface area contributed by atoms with Crippen molar-refractivity contribution in [1.29, 1.82) is 0 Å². The van der Waals surface area contributed by atoms with Crippen LogP contribution >= 0.6 is 11.3 Å². The van der Waals surface area contributed by atoms with Crippen molar-refractivity contribution in [3.05, 3.63) is 57.7 Å². The normalized spacial score (nSPS) is 17.6. The highest BCUT2D eigenvalue weighted by atomic mass is 32.1. The van der Waals surface area contributed by atoms with Crippen LogP contribution in [0.4, 0.5) is 19.0 Å². The van der Waals surface area contributed by atoms with Gasteiger partial charge in [0.2, 0.25) is 5.82 Å². The molecule has 0 saturated carbocycles. The van der Waals surface area contributed by atoms with Crippen molar-refractivity contribution in [2.45, 2.75) is 45.5 Å². The third-order valence-corrected chi connectivity index (χ3v) is 8.17. The number of halogens is 3. The summed E-state index contributed by atoms with van der Waals surface area (Å²) in [6.45, 7) is 5.67. The summed E-state index contributed by atoms with van der Waals surface area (Å²) in [5.41, 5.74) is 4.14. The first-order valence-electron chi connectivity index (χ1n) is 11.8. The number of carbonyl (C=O) groups is 1. The van der Waals surface area contributed by atoms with Gasteiger partial charge in [-0.05, 0) is 43.0 Å². The first-order chi connectivity index (χ1) is 18.0. The number of carbonyl (C=O) groups excluding carboxylic acids is 1. The summed E-state index contributed by atoms with van der Waals surface area (Å²) >= 11 is 1.18. The van der Waals surface area contributed by atoms with Gasteiger partial charge in [-0.2, -0.15) is 18.3 Å². The summed E-state index contributed by atoms with van der Waals surface area (Å²) < 4.78 is 49.8. The number of hydrogen-bond donors (Lipinski definition) is 1. The first kappa shape index (κ1) is 24.3. The van der Waals surface area contributed by atoms with Crippen molar-refractivity contribution in [1.82, 2.24) is 29.4 Å². The molecule has 0 saturated heterocycles. The number of alkyl halides is 3. The van der Waals surface area contributed by atoms with E-state index in [1.807, 2.05) is 32.0 Å². The van der Waals surface area contributed by atoms with Gasteiger partial charge in [-0.1, -0.05) is 18.2 Å². The van der Waals surface area contributed by atoms with E-state index >= 15 is 0 Å². The molecule has 0 unspecified atom stereocenters. The Labute approximate surface area is 218 Å². The molecule has 6 rings (SSSR count). The number of aryl methyl sites for hydroxylation is 3. The molecule has 2 atom stereocenters. The van der Waals surface area contributed by atoms with E-state index in [1.165, 1.54) is 35.4 Å². The van der Waals surface area contributed by atoms with Crippen LogP contribution in [-0.4, -0.2) is 48.6 Å². The third-order valence-electron chi connectivity index (χ3n) is 6.99. The van der Waals surface area contributed by atoms with Gasteiger partial charge in [0.25, 0.3) is 0 Å². The first-order valence-corrected chi connectivity index (χ1v) is 12.6. The molecule has 0 spiro atoms. The van der Waals surface area contributed by atoms with Crippen LogP contribution in [0, 0.1) is 20.8 Å². The summed E-state index contributed by atoms with van der Waals surface area (Å²) in [6, 6.07) is 4.87. The average molecular weight is 542 g/mol. The maximum atomic E-state index is 14.2. The second kappa shape index (κ2) is 8.51. The molecule has 0 fully saturated rings. The molecule has 5 aromatic rings. The molecule has 1 aromatic carbocycles. The maximum absolute atomic E-state index is 14.2. The molecule has 13 heteroatoms. The van der Waals surface area contributed by atoms with Crippen molar-refractivity contribution in [2.24, 2.45) is 0 Å². The maximum Gasteiger partial charge on any atom is 0.410 e. The lowest BCUT2D eigenvalue weighted by Crippen LogP contribution is -2.35. The summed E-state index contributed by atoms with van der Waals surface area (Å²) in [7, 11) is 1.30. The second-order valence-corrected chi connectivity index (χ2v) is 10.4. The number of hydrogen-bond acceptors (Lipinski definition) is 8. The zero-order valence-corrected chi connectivity index (χ0v) is 21.6. The quantitative estimate of drug-likeness (QED) is 0.298. The van der Waals surface area contributed by atoms with Gasteiger partial charge >= 0.3 is 12.1 Å². The highest BCUT2D eigenvalue weighted by molar-refractivity contribution is 7.20. The Bertz CT molecular complexity index is 1740. The highest BCUT2D eigenvalue weighted by Gasteiger charge is 2.46. The summed E-state index contributed by atoms with van der Waals surface area (Å²) in [4.78, 5) is 22.1. The number of anilines is 1. The minimum Gasteiger partial charge on any atom is -0.465 e. The fraction of sp³-hybridized carbons (Fsp3) is 0.320. The molecule has 196 valence electrons. The lowest BCUT2D eigenvalue weighted by Gasteiger charge is -2.33. The Hall–Kier alpha value is -4.00. The SMILES string of the molecule is COC(=O)c1sc2ncn3nc(-c4cc5n(n4)[C@@H](C(F)(F)F)C[C@H](c4ccc(C)c(C)c4)N5)nc3c2c1C. The van der Waals surface area contributed by atoms with E-state index in [0.717, 1.165) is 21.4 Å². The molecule has 0 amide bonds. The fourth-order valence-electron chi connectivity index (χ4n) is 4.81. The van der Waals surface area contributed by atoms with Crippen LogP contribution in [-0.2, 0) is 4.74 Å². The number of methoxy groups -OCH3 is 1. The third kappa shape index (κ3) is 3.80.